The van der Waals surface area contributed by atoms with Crippen molar-refractivity contribution in [1.82, 2.24) is 10.2 Å². The number of ether oxygens (including phenoxy) is 1. The van der Waals surface area contributed by atoms with Gasteiger partial charge in [0.2, 0.25) is 0 Å². The van der Waals surface area contributed by atoms with Crippen LogP contribution in [0.1, 0.15) is 0 Å². The number of carboxylic acid groups (broad SMARTS) is 1. The molecule has 2 amide bonds. The lowest BCUT2D eigenvalue weighted by molar-refractivity contribution is -0.140. The van der Waals surface area contributed by atoms with Crippen LogP contribution in [0, 0.1) is 0 Å². The molecule has 0 aliphatic carbocycles. The van der Waals surface area contributed by atoms with Crippen LogP contribution < -0.4 is 5.32 Å². The van der Waals surface area contributed by atoms with E-state index < -0.39 is 12.0 Å². The number of carbonyl (C=O) groups is 2. The number of carbonyl (C=O) groups excluding carboxylic acids is 1. The summed E-state index contributed by atoms with van der Waals surface area (Å²) in [5.41, 5.74) is 0. The third kappa shape index (κ3) is 3.90. The van der Waals surface area contributed by atoms with E-state index in [0.29, 0.717) is 13.1 Å². The van der Waals surface area contributed by atoms with Crippen molar-refractivity contribution in [2.45, 2.75) is 6.04 Å². The van der Waals surface area contributed by atoms with E-state index in [1.54, 1.807) is 16.7 Å². The molecule has 0 aromatic carbocycles. The highest BCUT2D eigenvalue weighted by Crippen LogP contribution is 2.09. The number of hydrogen-bond acceptors (Lipinski definition) is 4. The maximum absolute atomic E-state index is 11.7. The van der Waals surface area contributed by atoms with Crippen molar-refractivity contribution in [1.29, 1.82) is 0 Å². The Bertz CT molecular complexity index is 256. The average molecular weight is 248 g/mol. The van der Waals surface area contributed by atoms with Crippen molar-refractivity contribution >= 4 is 23.8 Å². The molecule has 92 valence electrons. The smallest absolute Gasteiger partial charge is 0.328 e. The fourth-order valence-corrected chi connectivity index (χ4v) is 2.25. The Kier molecular flexibility index (Phi) is 5.41. The Balaban J connectivity index is 2.43. The zero-order chi connectivity index (χ0) is 12.0. The second-order valence-corrected chi connectivity index (χ2v) is 4.62. The zero-order valence-corrected chi connectivity index (χ0v) is 9.96. The van der Waals surface area contributed by atoms with Gasteiger partial charge in [0.05, 0.1) is 6.61 Å². The van der Waals surface area contributed by atoms with Gasteiger partial charge in [0.15, 0.2) is 6.04 Å². The van der Waals surface area contributed by atoms with Crippen LogP contribution in [0.4, 0.5) is 4.79 Å². The van der Waals surface area contributed by atoms with Gasteiger partial charge < -0.3 is 20.1 Å². The summed E-state index contributed by atoms with van der Waals surface area (Å²) in [6.07, 6.45) is 0. The van der Waals surface area contributed by atoms with Crippen LogP contribution in [0.25, 0.3) is 0 Å². The molecule has 1 unspecified atom stereocenters. The van der Waals surface area contributed by atoms with Gasteiger partial charge in [0, 0.05) is 31.7 Å². The largest absolute Gasteiger partial charge is 0.480 e. The first kappa shape index (κ1) is 13.1. The molecule has 1 aliphatic rings. The van der Waals surface area contributed by atoms with Crippen LogP contribution in [-0.2, 0) is 9.53 Å². The molecule has 0 spiro atoms. The summed E-state index contributed by atoms with van der Waals surface area (Å²) in [7, 11) is 1.40. The molecular formula is C9H16N2O4S. The van der Waals surface area contributed by atoms with E-state index in [-0.39, 0.29) is 12.6 Å². The van der Waals surface area contributed by atoms with Crippen molar-refractivity contribution in [3.05, 3.63) is 0 Å². The van der Waals surface area contributed by atoms with Crippen LogP contribution in [0.2, 0.25) is 0 Å². The first-order valence-electron chi connectivity index (χ1n) is 5.00. The lowest BCUT2D eigenvalue weighted by Gasteiger charge is -2.27. The van der Waals surface area contributed by atoms with Crippen LogP contribution in [0.3, 0.4) is 0 Å². The predicted octanol–water partition coefficient (Wildman–Crippen LogP) is -0.156. The van der Waals surface area contributed by atoms with Crippen LogP contribution in [-0.4, -0.2) is 66.4 Å². The summed E-state index contributed by atoms with van der Waals surface area (Å²) in [5, 5.41) is 11.3. The van der Waals surface area contributed by atoms with Gasteiger partial charge >= 0.3 is 12.0 Å². The molecule has 16 heavy (non-hydrogen) atoms. The molecule has 0 aromatic heterocycles. The van der Waals surface area contributed by atoms with Gasteiger partial charge in [-0.3, -0.25) is 0 Å². The van der Waals surface area contributed by atoms with Crippen LogP contribution in [0.15, 0.2) is 0 Å². The number of urea groups is 1. The van der Waals surface area contributed by atoms with Gasteiger partial charge in [0.1, 0.15) is 0 Å². The van der Waals surface area contributed by atoms with E-state index in [4.69, 9.17) is 9.84 Å². The number of rotatable bonds is 4. The number of carboxylic acids is 1. The number of nitrogens with one attached hydrogen (secondary N) is 1. The summed E-state index contributed by atoms with van der Waals surface area (Å²) in [6.45, 7) is 1.30. The number of hydrogen-bond donors (Lipinski definition) is 2. The number of nitrogens with zero attached hydrogens (tertiary/aromatic N) is 1. The van der Waals surface area contributed by atoms with Crippen LogP contribution >= 0.6 is 11.8 Å². The summed E-state index contributed by atoms with van der Waals surface area (Å²) in [4.78, 5) is 24.1. The Hall–Kier alpha value is -0.950. The van der Waals surface area contributed by atoms with Crippen molar-refractivity contribution in [2.24, 2.45) is 0 Å². The van der Waals surface area contributed by atoms with Gasteiger partial charge in [-0.2, -0.15) is 11.8 Å². The molecule has 7 heteroatoms. The fraction of sp³-hybridized carbons (Fsp3) is 0.778. The number of amides is 2. The van der Waals surface area contributed by atoms with Crippen molar-refractivity contribution < 1.29 is 19.4 Å². The molecule has 1 rings (SSSR count). The van der Waals surface area contributed by atoms with E-state index in [0.717, 1.165) is 11.5 Å². The molecule has 0 bridgehead atoms. The Morgan fingerprint density at radius 2 is 2.12 bits per heavy atom. The lowest BCUT2D eigenvalue weighted by Crippen LogP contribution is -2.51. The van der Waals surface area contributed by atoms with Crippen molar-refractivity contribution in [3.8, 4) is 0 Å². The molecule has 0 aromatic rings. The third-order valence-electron chi connectivity index (χ3n) is 2.23. The third-order valence-corrected chi connectivity index (χ3v) is 3.17. The Morgan fingerprint density at radius 1 is 1.50 bits per heavy atom. The maximum Gasteiger partial charge on any atom is 0.328 e. The molecular weight excluding hydrogens is 232 g/mol. The standard InChI is InChI=1S/C9H16N2O4S/c1-15-6-7(8(12)13)10-9(14)11-2-4-16-5-3-11/h7H,2-6H2,1H3,(H,10,14)(H,12,13). The average Bonchev–Trinajstić information content (AvgIpc) is 2.29. The first-order chi connectivity index (χ1) is 7.65. The fourth-order valence-electron chi connectivity index (χ4n) is 1.35. The Labute approximate surface area is 98.3 Å². The minimum atomic E-state index is -1.08. The van der Waals surface area contributed by atoms with Gasteiger partial charge in [0.25, 0.3) is 0 Å². The zero-order valence-electron chi connectivity index (χ0n) is 9.14. The molecule has 2 N–H and O–H groups in total. The van der Waals surface area contributed by atoms with E-state index in [9.17, 15) is 9.59 Å². The van der Waals surface area contributed by atoms with Crippen LogP contribution in [0.5, 0.6) is 0 Å². The minimum absolute atomic E-state index is 0.0241. The maximum atomic E-state index is 11.7. The first-order valence-corrected chi connectivity index (χ1v) is 6.15. The summed E-state index contributed by atoms with van der Waals surface area (Å²) in [6, 6.07) is -1.31. The summed E-state index contributed by atoms with van der Waals surface area (Å²) in [5.74, 6) is 0.715. The van der Waals surface area contributed by atoms with Gasteiger partial charge in [-0.05, 0) is 0 Å². The number of aliphatic carboxylic acids is 1. The highest BCUT2D eigenvalue weighted by atomic mass is 32.2. The highest BCUT2D eigenvalue weighted by molar-refractivity contribution is 7.99. The van der Waals surface area contributed by atoms with Gasteiger partial charge in [-0.25, -0.2) is 9.59 Å². The normalized spacial score (nSPS) is 17.9. The number of thioether (sulfide) groups is 1. The van der Waals surface area contributed by atoms with Gasteiger partial charge in [-0.15, -0.1) is 0 Å². The molecule has 0 saturated carbocycles. The van der Waals surface area contributed by atoms with Crippen molar-refractivity contribution in [3.63, 3.8) is 0 Å². The lowest BCUT2D eigenvalue weighted by atomic mass is 10.3. The molecule has 1 atom stereocenters. The van der Waals surface area contributed by atoms with E-state index in [1.165, 1.54) is 7.11 Å². The predicted molar refractivity (Wildman–Crippen MR) is 60.7 cm³/mol. The molecule has 6 nitrogen and oxygen atoms in total. The summed E-state index contributed by atoms with van der Waals surface area (Å²) < 4.78 is 4.74. The SMILES string of the molecule is COCC(NC(=O)N1CCSCC1)C(=O)O. The molecule has 1 aliphatic heterocycles. The van der Waals surface area contributed by atoms with E-state index in [2.05, 4.69) is 5.32 Å². The molecule has 0 radical (unpaired) electrons. The second-order valence-electron chi connectivity index (χ2n) is 3.40. The van der Waals surface area contributed by atoms with E-state index in [1.807, 2.05) is 0 Å². The second kappa shape index (κ2) is 6.59. The van der Waals surface area contributed by atoms with Gasteiger partial charge in [-0.1, -0.05) is 0 Å². The molecule has 1 fully saturated rings. The van der Waals surface area contributed by atoms with Crippen molar-refractivity contribution in [2.75, 3.05) is 38.3 Å². The molecule has 1 heterocycles. The Morgan fingerprint density at radius 3 is 2.62 bits per heavy atom. The summed E-state index contributed by atoms with van der Waals surface area (Å²) >= 11 is 1.79. The quantitative estimate of drug-likeness (QED) is 0.723. The van der Waals surface area contributed by atoms with E-state index >= 15 is 0 Å². The molecule has 1 saturated heterocycles. The topological polar surface area (TPSA) is 78.9 Å². The number of methoxy groups -OCH3 is 1. The monoisotopic (exact) mass is 248 g/mol. The minimum Gasteiger partial charge on any atom is -0.480 e. The highest BCUT2D eigenvalue weighted by Gasteiger charge is 2.23.